The zero-order chi connectivity index (χ0) is 11.0. The Labute approximate surface area is 105 Å². The maximum absolute atomic E-state index is 5.95. The number of benzene rings is 1. The Kier molecular flexibility index (Phi) is 3.01. The summed E-state index contributed by atoms with van der Waals surface area (Å²) in [7, 11) is 0. The summed E-state index contributed by atoms with van der Waals surface area (Å²) in [4.78, 5) is 0. The fourth-order valence-electron chi connectivity index (χ4n) is 2.76. The summed E-state index contributed by atoms with van der Waals surface area (Å²) < 4.78 is 7.12. The highest BCUT2D eigenvalue weighted by molar-refractivity contribution is 9.10. The number of rotatable bonds is 1. The second-order valence-corrected chi connectivity index (χ2v) is 5.50. The predicted molar refractivity (Wildman–Crippen MR) is 67.6 cm³/mol. The first-order valence-corrected chi connectivity index (χ1v) is 6.77. The van der Waals surface area contributed by atoms with Crippen LogP contribution in [0, 0.1) is 0 Å². The van der Waals surface area contributed by atoms with Gasteiger partial charge in [0.05, 0.1) is 12.7 Å². The van der Waals surface area contributed by atoms with E-state index in [4.69, 9.17) is 4.74 Å². The summed E-state index contributed by atoms with van der Waals surface area (Å²) in [6, 6.07) is 7.08. The normalized spacial score (nSPS) is 29.1. The summed E-state index contributed by atoms with van der Waals surface area (Å²) in [5, 5.41) is 3.55. The van der Waals surface area contributed by atoms with Crippen molar-refractivity contribution in [2.24, 2.45) is 0 Å². The smallest absolute Gasteiger partial charge is 0.0980 e. The van der Waals surface area contributed by atoms with Gasteiger partial charge in [-0.3, -0.25) is 0 Å². The maximum atomic E-state index is 5.95. The summed E-state index contributed by atoms with van der Waals surface area (Å²) >= 11 is 3.54. The molecule has 0 spiro atoms. The van der Waals surface area contributed by atoms with Gasteiger partial charge in [0.1, 0.15) is 0 Å². The van der Waals surface area contributed by atoms with E-state index in [2.05, 4.69) is 39.4 Å². The van der Waals surface area contributed by atoms with Gasteiger partial charge in [-0.05, 0) is 49.1 Å². The van der Waals surface area contributed by atoms with Crippen molar-refractivity contribution in [3.8, 4) is 0 Å². The van der Waals surface area contributed by atoms with Gasteiger partial charge in [-0.25, -0.2) is 0 Å². The number of fused-ring (bicyclic) bond motifs is 1. The van der Waals surface area contributed by atoms with Crippen LogP contribution in [0.2, 0.25) is 0 Å². The molecule has 1 N–H and O–H groups in total. The molecule has 0 aliphatic carbocycles. The Bertz CT molecular complexity index is 388. The zero-order valence-corrected chi connectivity index (χ0v) is 10.8. The van der Waals surface area contributed by atoms with E-state index >= 15 is 0 Å². The van der Waals surface area contributed by atoms with Crippen molar-refractivity contribution in [2.75, 3.05) is 13.2 Å². The quantitative estimate of drug-likeness (QED) is 0.855. The third kappa shape index (κ3) is 1.92. The Morgan fingerprint density at radius 3 is 3.12 bits per heavy atom. The molecule has 2 aliphatic rings. The van der Waals surface area contributed by atoms with Crippen molar-refractivity contribution in [3.63, 3.8) is 0 Å². The van der Waals surface area contributed by atoms with Crippen molar-refractivity contribution in [3.05, 3.63) is 33.8 Å². The van der Waals surface area contributed by atoms with E-state index < -0.39 is 0 Å². The van der Waals surface area contributed by atoms with E-state index in [0.29, 0.717) is 6.04 Å². The second-order valence-electron chi connectivity index (χ2n) is 4.59. The average molecular weight is 282 g/mol. The molecule has 2 heterocycles. The Morgan fingerprint density at radius 2 is 2.31 bits per heavy atom. The molecular formula is C13H16BrNO. The molecule has 2 atom stereocenters. The molecule has 0 amide bonds. The lowest BCUT2D eigenvalue weighted by molar-refractivity contribution is 0.0199. The zero-order valence-electron chi connectivity index (χ0n) is 9.21. The van der Waals surface area contributed by atoms with Crippen molar-refractivity contribution < 1.29 is 4.74 Å². The first-order valence-electron chi connectivity index (χ1n) is 5.98. The van der Waals surface area contributed by atoms with E-state index in [9.17, 15) is 0 Å². The summed E-state index contributed by atoms with van der Waals surface area (Å²) in [5.74, 6) is 0. The molecule has 1 aromatic carbocycles. The highest BCUT2D eigenvalue weighted by Gasteiger charge is 2.30. The van der Waals surface area contributed by atoms with Gasteiger partial charge in [-0.1, -0.05) is 22.0 Å². The SMILES string of the molecule is Brc1ccc2c(c1)CCO[C@@H]2C1CCCN1. The molecule has 2 aliphatic heterocycles. The fourth-order valence-corrected chi connectivity index (χ4v) is 3.17. The molecule has 0 bridgehead atoms. The highest BCUT2D eigenvalue weighted by atomic mass is 79.9. The molecule has 0 radical (unpaired) electrons. The van der Waals surface area contributed by atoms with Crippen LogP contribution in [-0.4, -0.2) is 19.2 Å². The minimum absolute atomic E-state index is 0.263. The monoisotopic (exact) mass is 281 g/mol. The summed E-state index contributed by atoms with van der Waals surface area (Å²) in [6.07, 6.45) is 3.81. The molecular weight excluding hydrogens is 266 g/mol. The standard InChI is InChI=1S/C13H16BrNO/c14-10-3-4-11-9(8-10)5-7-16-13(11)12-2-1-6-15-12/h3-4,8,12-13,15H,1-2,5-7H2/t12?,13-/m0/s1. The number of hydrogen-bond donors (Lipinski definition) is 1. The first kappa shape index (κ1) is 10.8. The molecule has 0 saturated carbocycles. The number of ether oxygens (including phenoxy) is 1. The van der Waals surface area contributed by atoms with Crippen molar-refractivity contribution in [1.29, 1.82) is 0 Å². The molecule has 1 saturated heterocycles. The minimum atomic E-state index is 0.263. The summed E-state index contributed by atoms with van der Waals surface area (Å²) in [5.41, 5.74) is 2.83. The van der Waals surface area contributed by atoms with Crippen molar-refractivity contribution >= 4 is 15.9 Å². The van der Waals surface area contributed by atoms with Gasteiger partial charge in [0.15, 0.2) is 0 Å². The summed E-state index contributed by atoms with van der Waals surface area (Å²) in [6.45, 7) is 1.99. The first-order chi connectivity index (χ1) is 7.84. The molecule has 2 nitrogen and oxygen atoms in total. The van der Waals surface area contributed by atoms with Gasteiger partial charge in [-0.15, -0.1) is 0 Å². The van der Waals surface area contributed by atoms with E-state index in [1.54, 1.807) is 0 Å². The molecule has 1 aromatic rings. The average Bonchev–Trinajstić information content (AvgIpc) is 2.81. The van der Waals surface area contributed by atoms with Gasteiger partial charge in [0.25, 0.3) is 0 Å². The van der Waals surface area contributed by atoms with Crippen LogP contribution in [0.1, 0.15) is 30.1 Å². The lowest BCUT2D eigenvalue weighted by Gasteiger charge is -2.30. The van der Waals surface area contributed by atoms with Gasteiger partial charge >= 0.3 is 0 Å². The van der Waals surface area contributed by atoms with Crippen LogP contribution in [0.15, 0.2) is 22.7 Å². The van der Waals surface area contributed by atoms with Crippen LogP contribution in [0.4, 0.5) is 0 Å². The van der Waals surface area contributed by atoms with Crippen LogP contribution >= 0.6 is 15.9 Å². The molecule has 86 valence electrons. The number of nitrogens with one attached hydrogen (secondary N) is 1. The molecule has 3 heteroatoms. The number of hydrogen-bond acceptors (Lipinski definition) is 2. The lowest BCUT2D eigenvalue weighted by Crippen LogP contribution is -2.33. The van der Waals surface area contributed by atoms with Crippen molar-refractivity contribution in [1.82, 2.24) is 5.32 Å². The van der Waals surface area contributed by atoms with Crippen LogP contribution < -0.4 is 5.32 Å². The predicted octanol–water partition coefficient (Wildman–Crippen LogP) is 2.81. The second kappa shape index (κ2) is 4.47. The number of halogens is 1. The van der Waals surface area contributed by atoms with E-state index in [-0.39, 0.29) is 6.10 Å². The van der Waals surface area contributed by atoms with Crippen LogP contribution in [-0.2, 0) is 11.2 Å². The topological polar surface area (TPSA) is 21.3 Å². The molecule has 3 rings (SSSR count). The van der Waals surface area contributed by atoms with Gasteiger partial charge in [-0.2, -0.15) is 0 Å². The fraction of sp³-hybridized carbons (Fsp3) is 0.538. The van der Waals surface area contributed by atoms with E-state index in [0.717, 1.165) is 19.6 Å². The molecule has 1 fully saturated rings. The Hall–Kier alpha value is -0.380. The largest absolute Gasteiger partial charge is 0.372 e. The van der Waals surface area contributed by atoms with Crippen LogP contribution in [0.5, 0.6) is 0 Å². The third-order valence-electron chi connectivity index (χ3n) is 3.54. The van der Waals surface area contributed by atoms with Gasteiger partial charge in [0, 0.05) is 10.5 Å². The Morgan fingerprint density at radius 1 is 1.38 bits per heavy atom. The van der Waals surface area contributed by atoms with E-state index in [1.807, 2.05) is 0 Å². The van der Waals surface area contributed by atoms with E-state index in [1.165, 1.54) is 28.4 Å². The minimum Gasteiger partial charge on any atom is -0.372 e. The highest BCUT2D eigenvalue weighted by Crippen LogP contribution is 2.34. The Balaban J connectivity index is 1.93. The van der Waals surface area contributed by atoms with Gasteiger partial charge < -0.3 is 10.1 Å². The molecule has 16 heavy (non-hydrogen) atoms. The van der Waals surface area contributed by atoms with Crippen molar-refractivity contribution in [2.45, 2.75) is 31.4 Å². The van der Waals surface area contributed by atoms with Crippen LogP contribution in [0.3, 0.4) is 0 Å². The lowest BCUT2D eigenvalue weighted by atomic mass is 9.92. The molecule has 1 unspecified atom stereocenters. The molecule has 0 aromatic heterocycles. The van der Waals surface area contributed by atoms with Crippen LogP contribution in [0.25, 0.3) is 0 Å². The third-order valence-corrected chi connectivity index (χ3v) is 4.04. The van der Waals surface area contributed by atoms with Gasteiger partial charge in [0.2, 0.25) is 0 Å². The maximum Gasteiger partial charge on any atom is 0.0980 e.